The number of nitrogens with one attached hydrogen (secondary N) is 1. The number of fused-ring (bicyclic) bond motifs is 1. The second-order valence-electron chi connectivity index (χ2n) is 6.97. The van der Waals surface area contributed by atoms with Crippen molar-refractivity contribution in [2.75, 3.05) is 5.32 Å². The fourth-order valence-corrected chi connectivity index (χ4v) is 3.68. The molecule has 2 aromatic carbocycles. The second kappa shape index (κ2) is 7.50. The van der Waals surface area contributed by atoms with Gasteiger partial charge in [0.05, 0.1) is 33.6 Å². The summed E-state index contributed by atoms with van der Waals surface area (Å²) in [6.07, 6.45) is 0.126. The Labute approximate surface area is 178 Å². The number of hydrogen-bond donors (Lipinski definition) is 1. The smallest absolute Gasteiger partial charge is 0.230 e. The van der Waals surface area contributed by atoms with Crippen molar-refractivity contribution in [1.29, 1.82) is 0 Å². The van der Waals surface area contributed by atoms with Crippen LogP contribution in [0, 0.1) is 19.1 Å². The second-order valence-corrected chi connectivity index (χ2v) is 7.78. The van der Waals surface area contributed by atoms with E-state index >= 15 is 0 Å². The van der Waals surface area contributed by atoms with Gasteiger partial charge in [0.1, 0.15) is 0 Å². The number of rotatable bonds is 2. The van der Waals surface area contributed by atoms with E-state index in [0.717, 1.165) is 21.4 Å². The fraction of sp³-hybridized carbons (Fsp3) is 0.136. The molecule has 1 aliphatic rings. The van der Waals surface area contributed by atoms with Gasteiger partial charge in [0.15, 0.2) is 11.4 Å². The van der Waals surface area contributed by atoms with Crippen molar-refractivity contribution in [2.45, 2.75) is 20.3 Å². The van der Waals surface area contributed by atoms with Crippen molar-refractivity contribution in [3.63, 3.8) is 0 Å². The highest BCUT2D eigenvalue weighted by atomic mass is 35.5. The number of carbonyl (C=O) groups is 1. The summed E-state index contributed by atoms with van der Waals surface area (Å²) < 4.78 is 0.902. The minimum absolute atomic E-state index is 0.126. The largest absolute Gasteiger partial charge is 0.618 e. The summed E-state index contributed by atoms with van der Waals surface area (Å²) in [5.74, 6) is -0.176. The van der Waals surface area contributed by atoms with Crippen molar-refractivity contribution in [1.82, 2.24) is 0 Å². The van der Waals surface area contributed by atoms with Gasteiger partial charge in [-0.1, -0.05) is 41.4 Å². The van der Waals surface area contributed by atoms with E-state index in [4.69, 9.17) is 23.2 Å². The van der Waals surface area contributed by atoms with Gasteiger partial charge in [-0.15, -0.1) is 0 Å². The summed E-state index contributed by atoms with van der Waals surface area (Å²) in [5, 5.41) is 15.5. The van der Waals surface area contributed by atoms with Gasteiger partial charge < -0.3 is 10.5 Å². The Morgan fingerprint density at radius 3 is 2.34 bits per heavy atom. The van der Waals surface area contributed by atoms with Crippen molar-refractivity contribution in [3.8, 4) is 11.1 Å². The van der Waals surface area contributed by atoms with Crippen molar-refractivity contribution in [2.24, 2.45) is 4.99 Å². The van der Waals surface area contributed by atoms with E-state index < -0.39 is 0 Å². The first-order valence-electron chi connectivity index (χ1n) is 9.00. The van der Waals surface area contributed by atoms with Crippen LogP contribution in [0.4, 0.5) is 11.4 Å². The van der Waals surface area contributed by atoms with E-state index in [9.17, 15) is 10.0 Å². The van der Waals surface area contributed by atoms with Gasteiger partial charge in [-0.3, -0.25) is 9.79 Å². The summed E-state index contributed by atoms with van der Waals surface area (Å²) >= 11 is 12.2. The topological polar surface area (TPSA) is 68.4 Å². The maximum absolute atomic E-state index is 12.4. The molecule has 29 heavy (non-hydrogen) atoms. The average Bonchev–Trinajstić information content (AvgIpc) is 2.84. The van der Waals surface area contributed by atoms with E-state index in [2.05, 4.69) is 10.3 Å². The minimum Gasteiger partial charge on any atom is -0.618 e. The molecule has 0 spiro atoms. The van der Waals surface area contributed by atoms with E-state index in [-0.39, 0.29) is 12.3 Å². The third kappa shape index (κ3) is 3.84. The number of nitrogens with zero attached hydrogens (tertiary/aromatic N) is 2. The molecule has 0 bridgehead atoms. The molecular weight excluding hydrogens is 409 g/mol. The first kappa shape index (κ1) is 19.4. The highest BCUT2D eigenvalue weighted by molar-refractivity contribution is 6.42. The molecular formula is C22H17Cl2N3O2. The maximum Gasteiger partial charge on any atom is 0.230 e. The Kier molecular flexibility index (Phi) is 5.03. The zero-order chi connectivity index (χ0) is 20.7. The normalized spacial score (nSPS) is 13.4. The van der Waals surface area contributed by atoms with Crippen molar-refractivity contribution < 1.29 is 9.52 Å². The summed E-state index contributed by atoms with van der Waals surface area (Å²) in [7, 11) is 0. The number of aromatic nitrogens is 1. The lowest BCUT2D eigenvalue weighted by Gasteiger charge is -2.10. The molecule has 0 aliphatic carbocycles. The number of anilines is 1. The lowest BCUT2D eigenvalue weighted by atomic mass is 9.99. The molecule has 1 N–H and O–H groups in total. The molecule has 0 saturated carbocycles. The number of aliphatic imine (C=N–C) groups is 1. The van der Waals surface area contributed by atoms with E-state index in [1.165, 1.54) is 0 Å². The van der Waals surface area contributed by atoms with Crippen LogP contribution >= 0.6 is 23.2 Å². The van der Waals surface area contributed by atoms with E-state index in [1.54, 1.807) is 26.0 Å². The highest BCUT2D eigenvalue weighted by Crippen LogP contribution is 2.36. The molecule has 1 amide bonds. The molecule has 0 saturated heterocycles. The molecule has 2 heterocycles. The lowest BCUT2D eigenvalue weighted by Crippen LogP contribution is -2.33. The molecule has 0 unspecified atom stereocenters. The maximum atomic E-state index is 12.4. The summed E-state index contributed by atoms with van der Waals surface area (Å²) in [6, 6.07) is 14.7. The lowest BCUT2D eigenvalue weighted by molar-refractivity contribution is -0.619. The predicted octanol–water partition coefficient (Wildman–Crippen LogP) is 5.37. The Bertz CT molecular complexity index is 1170. The van der Waals surface area contributed by atoms with Gasteiger partial charge in [-0.25, -0.2) is 0 Å². The molecule has 1 aliphatic heterocycles. The Morgan fingerprint density at radius 1 is 0.966 bits per heavy atom. The first-order chi connectivity index (χ1) is 13.8. The molecule has 1 aromatic heterocycles. The number of pyridine rings is 1. The van der Waals surface area contributed by atoms with E-state index in [0.29, 0.717) is 38.5 Å². The number of amides is 1. The minimum atomic E-state index is -0.176. The Balaban J connectivity index is 1.80. The number of aryl methyl sites for hydroxylation is 2. The Hall–Kier alpha value is -2.89. The molecule has 0 fully saturated rings. The van der Waals surface area contributed by atoms with Crippen LogP contribution in [0.15, 0.2) is 53.5 Å². The van der Waals surface area contributed by atoms with E-state index in [1.807, 2.05) is 36.4 Å². The van der Waals surface area contributed by atoms with Gasteiger partial charge in [0.25, 0.3) is 0 Å². The molecule has 0 atom stereocenters. The van der Waals surface area contributed by atoms with Crippen LogP contribution in [0.3, 0.4) is 0 Å². The summed E-state index contributed by atoms with van der Waals surface area (Å²) in [4.78, 5) is 17.1. The van der Waals surface area contributed by atoms with Crippen LogP contribution in [0.2, 0.25) is 10.0 Å². The summed E-state index contributed by atoms with van der Waals surface area (Å²) in [6.45, 7) is 3.55. The highest BCUT2D eigenvalue weighted by Gasteiger charge is 2.19. The van der Waals surface area contributed by atoms with Crippen LogP contribution < -0.4 is 10.0 Å². The van der Waals surface area contributed by atoms with Crippen LogP contribution in [0.5, 0.6) is 0 Å². The predicted molar refractivity (Wildman–Crippen MR) is 116 cm³/mol. The van der Waals surface area contributed by atoms with Gasteiger partial charge >= 0.3 is 0 Å². The molecule has 4 rings (SSSR count). The number of carbonyl (C=O) groups excluding carboxylic acids is 1. The standard InChI is InChI=1S/C22H17Cl2N3O2/c1-12-6-16(7-13(2)27(12)29)14-4-3-5-15(8-14)19-11-22(28)26-21-10-18(24)17(23)9-20(21)25-19/h3-10H,11H2,1-2H3,(H,26,28). The SMILES string of the molecule is Cc1cc(-c2cccc(C3=Nc4cc(Cl)c(Cl)cc4NC(=O)C3)c2)cc(C)[n+]1[O-]. The monoisotopic (exact) mass is 425 g/mol. The summed E-state index contributed by atoms with van der Waals surface area (Å²) in [5.41, 5.74) is 5.66. The zero-order valence-electron chi connectivity index (χ0n) is 15.8. The van der Waals surface area contributed by atoms with Gasteiger partial charge in [-0.2, -0.15) is 4.73 Å². The van der Waals surface area contributed by atoms with Crippen LogP contribution in [-0.2, 0) is 4.79 Å². The average molecular weight is 426 g/mol. The quantitative estimate of drug-likeness (QED) is 0.442. The van der Waals surface area contributed by atoms with Crippen LogP contribution in [0.1, 0.15) is 23.4 Å². The van der Waals surface area contributed by atoms with Gasteiger partial charge in [-0.05, 0) is 34.9 Å². The number of halogens is 2. The molecule has 7 heteroatoms. The third-order valence-corrected chi connectivity index (χ3v) is 5.52. The van der Waals surface area contributed by atoms with Crippen LogP contribution in [0.25, 0.3) is 11.1 Å². The van der Waals surface area contributed by atoms with Crippen LogP contribution in [-0.4, -0.2) is 11.6 Å². The van der Waals surface area contributed by atoms with Gasteiger partial charge in [0.2, 0.25) is 5.91 Å². The Morgan fingerprint density at radius 2 is 1.62 bits per heavy atom. The van der Waals surface area contributed by atoms with Crippen molar-refractivity contribution >= 4 is 46.2 Å². The molecule has 5 nitrogen and oxygen atoms in total. The number of benzene rings is 2. The molecule has 3 aromatic rings. The first-order valence-corrected chi connectivity index (χ1v) is 9.75. The third-order valence-electron chi connectivity index (χ3n) is 4.79. The number of hydrogen-bond acceptors (Lipinski definition) is 3. The van der Waals surface area contributed by atoms with Crippen molar-refractivity contribution in [3.05, 3.63) is 80.7 Å². The van der Waals surface area contributed by atoms with Gasteiger partial charge in [0, 0.05) is 26.0 Å². The molecule has 0 radical (unpaired) electrons. The molecule has 146 valence electrons. The zero-order valence-corrected chi connectivity index (χ0v) is 17.3. The fourth-order valence-electron chi connectivity index (χ4n) is 3.36.